The molecule has 0 unspecified atom stereocenters. The van der Waals surface area contributed by atoms with E-state index in [1.807, 2.05) is 19.1 Å². The Morgan fingerprint density at radius 1 is 0.976 bits per heavy atom. The van der Waals surface area contributed by atoms with Crippen LogP contribution in [0.1, 0.15) is 61.4 Å². The fourth-order valence-electron chi connectivity index (χ4n) is 4.64. The van der Waals surface area contributed by atoms with Crippen LogP contribution in [-0.4, -0.2) is 46.8 Å². The Balaban J connectivity index is 1.32. The lowest BCUT2D eigenvalue weighted by Gasteiger charge is -2.19. The van der Waals surface area contributed by atoms with Crippen LogP contribution in [-0.2, 0) is 15.6 Å². The van der Waals surface area contributed by atoms with E-state index < -0.39 is 45.0 Å². The Bertz CT molecular complexity index is 1560. The molecule has 0 saturated heterocycles. The predicted octanol–water partition coefficient (Wildman–Crippen LogP) is 5.70. The maximum absolute atomic E-state index is 12.8. The molecule has 224 valence electrons. The standard InChI is InChI=1S/C27H28ClF3N6O4S/c1-2-11-25(12-13-25)42(39,40)37-21(38)17-3-9-20(10-4-17)32-22-33-23(35-24(34-22)41-16-27(29,30)31)36-26(14-15-26)18-5-7-19(28)8-6-18/h3-10H,2,11-16H2,1H3,(H,37,38)(H2,32,33,34,35,36). The van der Waals surface area contributed by atoms with Crippen molar-refractivity contribution in [3.63, 3.8) is 0 Å². The molecule has 1 heterocycles. The summed E-state index contributed by atoms with van der Waals surface area (Å²) in [6, 6.07) is 12.4. The largest absolute Gasteiger partial charge is 0.454 e. The van der Waals surface area contributed by atoms with Gasteiger partial charge in [0.05, 0.1) is 10.3 Å². The smallest absolute Gasteiger partial charge is 0.422 e. The minimum absolute atomic E-state index is 0.000543. The van der Waals surface area contributed by atoms with Crippen LogP contribution in [0.4, 0.5) is 30.8 Å². The van der Waals surface area contributed by atoms with Crippen LogP contribution in [0.3, 0.4) is 0 Å². The van der Waals surface area contributed by atoms with Crippen molar-refractivity contribution in [2.75, 3.05) is 17.2 Å². The molecule has 0 spiro atoms. The number of hydrogen-bond acceptors (Lipinski definition) is 9. The Kier molecular flexibility index (Phi) is 7.96. The molecule has 1 amide bonds. The van der Waals surface area contributed by atoms with Gasteiger partial charge in [0.25, 0.3) is 5.91 Å². The molecule has 3 N–H and O–H groups in total. The maximum Gasteiger partial charge on any atom is 0.422 e. The summed E-state index contributed by atoms with van der Waals surface area (Å²) in [7, 11) is -3.82. The molecule has 0 radical (unpaired) electrons. The van der Waals surface area contributed by atoms with Crippen LogP contribution >= 0.6 is 11.6 Å². The van der Waals surface area contributed by atoms with Gasteiger partial charge >= 0.3 is 12.2 Å². The van der Waals surface area contributed by atoms with E-state index >= 15 is 0 Å². The number of carbonyl (C=O) groups excluding carboxylic acids is 1. The first-order valence-corrected chi connectivity index (χ1v) is 15.1. The number of halogens is 4. The van der Waals surface area contributed by atoms with Crippen LogP contribution in [0, 0.1) is 0 Å². The van der Waals surface area contributed by atoms with Crippen molar-refractivity contribution in [3.8, 4) is 6.01 Å². The zero-order valence-corrected chi connectivity index (χ0v) is 24.0. The van der Waals surface area contributed by atoms with Crippen LogP contribution in [0.25, 0.3) is 0 Å². The second-order valence-corrected chi connectivity index (χ2v) is 13.0. The summed E-state index contributed by atoms with van der Waals surface area (Å²) in [5.74, 6) is -0.860. The second-order valence-electron chi connectivity index (χ2n) is 10.5. The van der Waals surface area contributed by atoms with E-state index in [9.17, 15) is 26.4 Å². The summed E-state index contributed by atoms with van der Waals surface area (Å²) >= 11 is 6.00. The molecule has 1 aromatic heterocycles. The third-order valence-corrected chi connectivity index (χ3v) is 9.65. The Morgan fingerprint density at radius 2 is 1.62 bits per heavy atom. The quantitative estimate of drug-likeness (QED) is 0.232. The van der Waals surface area contributed by atoms with E-state index in [0.29, 0.717) is 36.4 Å². The van der Waals surface area contributed by atoms with Crippen molar-refractivity contribution < 1.29 is 31.1 Å². The summed E-state index contributed by atoms with van der Waals surface area (Å²) < 4.78 is 70.0. The third-order valence-electron chi connectivity index (χ3n) is 7.19. The van der Waals surface area contributed by atoms with Gasteiger partial charge in [0.1, 0.15) is 0 Å². The number of anilines is 3. The molecule has 10 nitrogen and oxygen atoms in total. The van der Waals surface area contributed by atoms with E-state index in [4.69, 9.17) is 16.3 Å². The topological polar surface area (TPSA) is 135 Å². The number of aromatic nitrogens is 3. The SMILES string of the molecule is CCCC1(S(=O)(=O)NC(=O)c2ccc(Nc3nc(NC4(c5ccc(Cl)cc5)CC4)nc(OCC(F)(F)F)n3)cc2)CC1. The molecule has 2 aliphatic carbocycles. The Morgan fingerprint density at radius 3 is 2.19 bits per heavy atom. The molecule has 15 heteroatoms. The van der Waals surface area contributed by atoms with Crippen LogP contribution < -0.4 is 20.1 Å². The molecule has 5 rings (SSSR count). The van der Waals surface area contributed by atoms with Gasteiger partial charge in [0, 0.05) is 16.3 Å². The lowest BCUT2D eigenvalue weighted by Crippen LogP contribution is -2.39. The monoisotopic (exact) mass is 624 g/mol. The molecule has 2 aromatic carbocycles. The minimum Gasteiger partial charge on any atom is -0.454 e. The summed E-state index contributed by atoms with van der Waals surface area (Å²) in [5, 5.41) is 6.62. The van der Waals surface area contributed by atoms with Crippen molar-refractivity contribution in [1.29, 1.82) is 0 Å². The third kappa shape index (κ3) is 6.86. The summed E-state index contributed by atoms with van der Waals surface area (Å²) in [5.41, 5.74) is 0.896. The highest BCUT2D eigenvalue weighted by atomic mass is 35.5. The second kappa shape index (κ2) is 11.2. The molecule has 3 aromatic rings. The van der Waals surface area contributed by atoms with E-state index in [1.165, 1.54) is 24.3 Å². The molecule has 0 bridgehead atoms. The van der Waals surface area contributed by atoms with Gasteiger partial charge < -0.3 is 15.4 Å². The summed E-state index contributed by atoms with van der Waals surface area (Å²) in [6.45, 7) is 0.300. The molecular weight excluding hydrogens is 597 g/mol. The van der Waals surface area contributed by atoms with Gasteiger partial charge in [-0.1, -0.05) is 37.1 Å². The summed E-state index contributed by atoms with van der Waals surface area (Å²) in [6.07, 6.45) is -0.920. The predicted molar refractivity (Wildman–Crippen MR) is 150 cm³/mol. The average Bonchev–Trinajstić information content (AvgIpc) is 3.85. The highest BCUT2D eigenvalue weighted by Gasteiger charge is 2.54. The first-order valence-electron chi connectivity index (χ1n) is 13.3. The molecule has 2 saturated carbocycles. The van der Waals surface area contributed by atoms with Gasteiger partial charge in [-0.05, 0) is 74.1 Å². The number of alkyl halides is 3. The number of carbonyl (C=O) groups is 1. The zero-order valence-electron chi connectivity index (χ0n) is 22.5. The van der Waals surface area contributed by atoms with Gasteiger partial charge in [-0.25, -0.2) is 13.1 Å². The van der Waals surface area contributed by atoms with Gasteiger partial charge in [-0.15, -0.1) is 0 Å². The summed E-state index contributed by atoms with van der Waals surface area (Å²) in [4.78, 5) is 24.9. The average molecular weight is 625 g/mol. The van der Waals surface area contributed by atoms with E-state index in [0.717, 1.165) is 18.4 Å². The van der Waals surface area contributed by atoms with E-state index in [2.05, 4.69) is 30.3 Å². The number of hydrogen-bond donors (Lipinski definition) is 3. The molecule has 0 atom stereocenters. The van der Waals surface area contributed by atoms with Crippen LogP contribution in [0.15, 0.2) is 48.5 Å². The van der Waals surface area contributed by atoms with Crippen LogP contribution in [0.2, 0.25) is 5.02 Å². The first kappa shape index (κ1) is 29.8. The minimum atomic E-state index is -4.60. The fraction of sp³-hybridized carbons (Fsp3) is 0.407. The van der Waals surface area contributed by atoms with Crippen molar-refractivity contribution in [2.45, 2.75) is 61.9 Å². The number of benzene rings is 2. The number of amides is 1. The molecule has 2 aliphatic rings. The van der Waals surface area contributed by atoms with Gasteiger partial charge in [0.15, 0.2) is 6.61 Å². The van der Waals surface area contributed by atoms with Crippen molar-refractivity contribution >= 4 is 45.1 Å². The van der Waals surface area contributed by atoms with Crippen LogP contribution in [0.5, 0.6) is 6.01 Å². The molecular formula is C27H28ClF3N6O4S. The zero-order chi connectivity index (χ0) is 30.2. The number of nitrogens with zero attached hydrogens (tertiary/aromatic N) is 3. The lowest BCUT2D eigenvalue weighted by atomic mass is 10.1. The van der Waals surface area contributed by atoms with Crippen molar-refractivity contribution in [1.82, 2.24) is 19.7 Å². The highest BCUT2D eigenvalue weighted by Crippen LogP contribution is 2.48. The lowest BCUT2D eigenvalue weighted by molar-refractivity contribution is -0.154. The molecule has 2 fully saturated rings. The van der Waals surface area contributed by atoms with Gasteiger partial charge in [-0.2, -0.15) is 28.1 Å². The van der Waals surface area contributed by atoms with E-state index in [1.54, 1.807) is 12.1 Å². The fourth-order valence-corrected chi connectivity index (χ4v) is 6.46. The normalized spacial score (nSPS) is 16.8. The Labute approximate surface area is 245 Å². The highest BCUT2D eigenvalue weighted by molar-refractivity contribution is 7.91. The molecule has 0 aliphatic heterocycles. The van der Waals surface area contributed by atoms with Gasteiger partial charge in [-0.3, -0.25) is 4.79 Å². The maximum atomic E-state index is 12.8. The van der Waals surface area contributed by atoms with E-state index in [-0.39, 0.29) is 17.5 Å². The van der Waals surface area contributed by atoms with Gasteiger partial charge in [0.2, 0.25) is 21.9 Å². The Hall–Kier alpha value is -3.65. The number of rotatable bonds is 12. The number of ether oxygens (including phenoxy) is 1. The van der Waals surface area contributed by atoms with Crippen molar-refractivity contribution in [3.05, 3.63) is 64.7 Å². The molecule has 42 heavy (non-hydrogen) atoms. The number of nitrogens with one attached hydrogen (secondary N) is 3. The first-order chi connectivity index (χ1) is 19.8. The number of sulfonamides is 1. The van der Waals surface area contributed by atoms with Crippen molar-refractivity contribution in [2.24, 2.45) is 0 Å².